The first-order valence-electron chi connectivity index (χ1n) is 9.52. The molecular weight excluding hydrogens is 400 g/mol. The van der Waals surface area contributed by atoms with Gasteiger partial charge in [0.2, 0.25) is 10.0 Å². The molecule has 1 aromatic carbocycles. The molecule has 0 radical (unpaired) electrons. The van der Waals surface area contributed by atoms with Gasteiger partial charge in [0, 0.05) is 44.1 Å². The van der Waals surface area contributed by atoms with Gasteiger partial charge in [-0.05, 0) is 37.5 Å². The maximum Gasteiger partial charge on any atom is 0.251 e. The number of aryl methyl sites for hydroxylation is 1. The molecule has 7 nitrogen and oxygen atoms in total. The molecular formula is C19H25ClN4O3S. The van der Waals surface area contributed by atoms with Crippen molar-refractivity contribution in [2.45, 2.75) is 43.5 Å². The standard InChI is InChI=1S/C19H25ClN4O3S/c20-17-7-6-16(19(25)22-8-5-10-23-13-9-21-15-23)14-18(17)28(26,27)24-11-3-1-2-4-12-24/h6-7,9,13-15H,1-5,8,10-12H2,(H,22,25). The first-order chi connectivity index (χ1) is 13.5. The van der Waals surface area contributed by atoms with E-state index >= 15 is 0 Å². The summed E-state index contributed by atoms with van der Waals surface area (Å²) >= 11 is 6.18. The summed E-state index contributed by atoms with van der Waals surface area (Å²) in [5.41, 5.74) is 0.292. The molecule has 9 heteroatoms. The number of nitrogens with zero attached hydrogens (tertiary/aromatic N) is 3. The Hall–Kier alpha value is -1.90. The molecule has 1 aliphatic rings. The summed E-state index contributed by atoms with van der Waals surface area (Å²) in [5, 5.41) is 2.96. The van der Waals surface area contributed by atoms with Gasteiger partial charge < -0.3 is 9.88 Å². The molecule has 1 aromatic heterocycles. The van der Waals surface area contributed by atoms with Crippen molar-refractivity contribution >= 4 is 27.5 Å². The molecule has 152 valence electrons. The topological polar surface area (TPSA) is 84.3 Å². The number of hydrogen-bond acceptors (Lipinski definition) is 4. The van der Waals surface area contributed by atoms with Gasteiger partial charge in [-0.2, -0.15) is 4.31 Å². The highest BCUT2D eigenvalue weighted by molar-refractivity contribution is 7.89. The number of hydrogen-bond donors (Lipinski definition) is 1. The minimum atomic E-state index is -3.72. The van der Waals surface area contributed by atoms with E-state index in [1.54, 1.807) is 18.6 Å². The molecule has 1 fully saturated rings. The zero-order valence-electron chi connectivity index (χ0n) is 15.7. The monoisotopic (exact) mass is 424 g/mol. The molecule has 0 unspecified atom stereocenters. The quantitative estimate of drug-likeness (QED) is 0.692. The van der Waals surface area contributed by atoms with E-state index in [9.17, 15) is 13.2 Å². The van der Waals surface area contributed by atoms with Crippen molar-refractivity contribution in [3.8, 4) is 0 Å². The Labute approximate surface area is 170 Å². The number of imidazole rings is 1. The van der Waals surface area contributed by atoms with Crippen molar-refractivity contribution in [2.75, 3.05) is 19.6 Å². The van der Waals surface area contributed by atoms with Crippen LogP contribution in [0.15, 0.2) is 41.8 Å². The lowest BCUT2D eigenvalue weighted by atomic mass is 10.2. The van der Waals surface area contributed by atoms with Crippen molar-refractivity contribution < 1.29 is 13.2 Å². The summed E-state index contributed by atoms with van der Waals surface area (Å²) in [6.45, 7) is 2.20. The molecule has 1 aliphatic heterocycles. The third-order valence-corrected chi connectivity index (χ3v) is 7.19. The molecule has 3 rings (SSSR count). The normalized spacial score (nSPS) is 15.9. The second-order valence-electron chi connectivity index (χ2n) is 6.87. The molecule has 0 bridgehead atoms. The molecule has 1 amide bonds. The Kier molecular flexibility index (Phi) is 7.09. The zero-order chi connectivity index (χ0) is 20.0. The van der Waals surface area contributed by atoms with Crippen LogP contribution in [-0.2, 0) is 16.6 Å². The van der Waals surface area contributed by atoms with Crippen molar-refractivity contribution in [3.05, 3.63) is 47.5 Å². The molecule has 0 spiro atoms. The lowest BCUT2D eigenvalue weighted by molar-refractivity contribution is 0.0952. The largest absolute Gasteiger partial charge is 0.352 e. The Bertz CT molecular complexity index is 892. The summed E-state index contributed by atoms with van der Waals surface area (Å²) < 4.78 is 29.5. The highest BCUT2D eigenvalue weighted by Crippen LogP contribution is 2.27. The zero-order valence-corrected chi connectivity index (χ0v) is 17.3. The third-order valence-electron chi connectivity index (χ3n) is 4.81. The van der Waals surface area contributed by atoms with Gasteiger partial charge in [-0.25, -0.2) is 13.4 Å². The van der Waals surface area contributed by atoms with Gasteiger partial charge >= 0.3 is 0 Å². The second-order valence-corrected chi connectivity index (χ2v) is 9.19. The van der Waals surface area contributed by atoms with Crippen LogP contribution in [0.2, 0.25) is 5.02 Å². The van der Waals surface area contributed by atoms with Crippen LogP contribution < -0.4 is 5.32 Å². The van der Waals surface area contributed by atoms with E-state index in [2.05, 4.69) is 10.3 Å². The first-order valence-corrected chi connectivity index (χ1v) is 11.3. The SMILES string of the molecule is O=C(NCCCn1ccnc1)c1ccc(Cl)c(S(=O)(=O)N2CCCCCC2)c1. The molecule has 28 heavy (non-hydrogen) atoms. The summed E-state index contributed by atoms with van der Waals surface area (Å²) in [5.74, 6) is -0.311. The Balaban J connectivity index is 1.67. The highest BCUT2D eigenvalue weighted by Gasteiger charge is 2.28. The minimum absolute atomic E-state index is 0.00197. The fourth-order valence-corrected chi connectivity index (χ4v) is 5.27. The first kappa shape index (κ1) is 20.8. The van der Waals surface area contributed by atoms with E-state index in [1.807, 2.05) is 10.8 Å². The Morgan fingerprint density at radius 2 is 1.93 bits per heavy atom. The van der Waals surface area contributed by atoms with E-state index in [0.29, 0.717) is 25.2 Å². The summed E-state index contributed by atoms with van der Waals surface area (Å²) in [6, 6.07) is 4.41. The second kappa shape index (κ2) is 9.54. The fraction of sp³-hybridized carbons (Fsp3) is 0.474. The molecule has 2 heterocycles. The van der Waals surface area contributed by atoms with Crippen LogP contribution in [0.25, 0.3) is 0 Å². The van der Waals surface area contributed by atoms with Gasteiger partial charge in [0.25, 0.3) is 5.91 Å². The smallest absolute Gasteiger partial charge is 0.251 e. The maximum atomic E-state index is 13.0. The fourth-order valence-electron chi connectivity index (χ4n) is 3.25. The number of rotatable bonds is 7. The van der Waals surface area contributed by atoms with E-state index in [-0.39, 0.29) is 15.8 Å². The Morgan fingerprint density at radius 3 is 2.61 bits per heavy atom. The van der Waals surface area contributed by atoms with Crippen LogP contribution in [0, 0.1) is 0 Å². The molecule has 0 saturated carbocycles. The number of carbonyl (C=O) groups excluding carboxylic acids is 1. The van der Waals surface area contributed by atoms with Crippen molar-refractivity contribution in [3.63, 3.8) is 0 Å². The summed E-state index contributed by atoms with van der Waals surface area (Å²) in [4.78, 5) is 16.4. The van der Waals surface area contributed by atoms with Crippen molar-refractivity contribution in [1.29, 1.82) is 0 Å². The van der Waals surface area contributed by atoms with Gasteiger partial charge in [-0.15, -0.1) is 0 Å². The molecule has 0 atom stereocenters. The number of carbonyl (C=O) groups is 1. The van der Waals surface area contributed by atoms with E-state index in [0.717, 1.165) is 38.6 Å². The molecule has 1 saturated heterocycles. The average Bonchev–Trinajstić information content (AvgIpc) is 3.04. The van der Waals surface area contributed by atoms with Crippen molar-refractivity contribution in [1.82, 2.24) is 19.2 Å². The number of aromatic nitrogens is 2. The summed E-state index contributed by atoms with van der Waals surface area (Å²) in [6.07, 6.45) is 9.78. The predicted molar refractivity (Wildman–Crippen MR) is 108 cm³/mol. The number of halogens is 1. The molecule has 2 aromatic rings. The van der Waals surface area contributed by atoms with Crippen LogP contribution in [0.5, 0.6) is 0 Å². The van der Waals surface area contributed by atoms with Crippen LogP contribution in [0.1, 0.15) is 42.5 Å². The van der Waals surface area contributed by atoms with Crippen molar-refractivity contribution in [2.24, 2.45) is 0 Å². The number of benzene rings is 1. The van der Waals surface area contributed by atoms with Gasteiger partial charge in [0.15, 0.2) is 0 Å². The summed E-state index contributed by atoms with van der Waals surface area (Å²) in [7, 11) is -3.72. The Morgan fingerprint density at radius 1 is 1.18 bits per heavy atom. The lowest BCUT2D eigenvalue weighted by Gasteiger charge is -2.21. The van der Waals surface area contributed by atoms with Crippen LogP contribution in [-0.4, -0.2) is 47.8 Å². The van der Waals surface area contributed by atoms with Crippen LogP contribution >= 0.6 is 11.6 Å². The van der Waals surface area contributed by atoms with Gasteiger partial charge in [-0.3, -0.25) is 4.79 Å². The molecule has 0 aliphatic carbocycles. The van der Waals surface area contributed by atoms with Crippen LogP contribution in [0.3, 0.4) is 0 Å². The highest BCUT2D eigenvalue weighted by atomic mass is 35.5. The van der Waals surface area contributed by atoms with Crippen LogP contribution in [0.4, 0.5) is 0 Å². The third kappa shape index (κ3) is 5.12. The lowest BCUT2D eigenvalue weighted by Crippen LogP contribution is -2.32. The van der Waals surface area contributed by atoms with Gasteiger partial charge in [0.05, 0.1) is 11.3 Å². The van der Waals surface area contributed by atoms with E-state index < -0.39 is 10.0 Å². The van der Waals surface area contributed by atoms with E-state index in [1.165, 1.54) is 16.4 Å². The van der Waals surface area contributed by atoms with E-state index in [4.69, 9.17) is 11.6 Å². The predicted octanol–water partition coefficient (Wildman–Crippen LogP) is 2.92. The number of sulfonamides is 1. The average molecular weight is 425 g/mol. The maximum absolute atomic E-state index is 13.0. The number of amides is 1. The van der Waals surface area contributed by atoms with Gasteiger partial charge in [0.1, 0.15) is 4.90 Å². The minimum Gasteiger partial charge on any atom is -0.352 e. The molecule has 1 N–H and O–H groups in total. The van der Waals surface area contributed by atoms with Gasteiger partial charge in [-0.1, -0.05) is 24.4 Å². The number of nitrogens with one attached hydrogen (secondary N) is 1.